The maximum absolute atomic E-state index is 12.7. The van der Waals surface area contributed by atoms with Gasteiger partial charge in [0.15, 0.2) is 5.69 Å². The first-order valence-electron chi connectivity index (χ1n) is 8.28. The first kappa shape index (κ1) is 20.7. The number of rotatable bonds is 8. The van der Waals surface area contributed by atoms with Crippen LogP contribution in [0, 0.1) is 6.92 Å². The summed E-state index contributed by atoms with van der Waals surface area (Å²) in [6.45, 7) is 2.88. The fraction of sp³-hybridized carbons (Fsp3) is 0.389. The average Bonchev–Trinajstić information content (AvgIpc) is 3.12. The van der Waals surface area contributed by atoms with Crippen LogP contribution < -0.4 is 5.32 Å². The van der Waals surface area contributed by atoms with Gasteiger partial charge in [0.1, 0.15) is 6.26 Å². The standard InChI is InChI=1S/C18H22ClN3O5/c1-12-5-6-13(9-14(12)19)20-18(24)22(7-4-8-25-2)10-16-21-15(11-27-16)17(23)26-3/h5-6,9,11H,4,7-8,10H2,1-3H3,(H,20,24). The Balaban J connectivity index is 2.09. The molecule has 0 atom stereocenters. The summed E-state index contributed by atoms with van der Waals surface area (Å²) in [6, 6.07) is 4.93. The highest BCUT2D eigenvalue weighted by atomic mass is 35.5. The normalized spacial score (nSPS) is 10.5. The maximum atomic E-state index is 12.7. The lowest BCUT2D eigenvalue weighted by atomic mass is 10.2. The lowest BCUT2D eigenvalue weighted by Gasteiger charge is -2.21. The number of methoxy groups -OCH3 is 2. The van der Waals surface area contributed by atoms with Gasteiger partial charge in [0.05, 0.1) is 13.7 Å². The third-order valence-electron chi connectivity index (χ3n) is 3.76. The molecular formula is C18H22ClN3O5. The van der Waals surface area contributed by atoms with E-state index in [-0.39, 0.29) is 24.2 Å². The van der Waals surface area contributed by atoms with E-state index in [4.69, 9.17) is 20.8 Å². The molecule has 0 fully saturated rings. The molecule has 8 nitrogen and oxygen atoms in total. The second kappa shape index (κ2) is 9.94. The van der Waals surface area contributed by atoms with Gasteiger partial charge in [0.25, 0.3) is 0 Å². The summed E-state index contributed by atoms with van der Waals surface area (Å²) in [5, 5.41) is 3.36. The zero-order valence-electron chi connectivity index (χ0n) is 15.5. The molecule has 0 saturated heterocycles. The van der Waals surface area contributed by atoms with Crippen LogP contribution in [0.4, 0.5) is 10.5 Å². The summed E-state index contributed by atoms with van der Waals surface area (Å²) in [7, 11) is 2.85. The van der Waals surface area contributed by atoms with Gasteiger partial charge in [-0.1, -0.05) is 17.7 Å². The summed E-state index contributed by atoms with van der Waals surface area (Å²) in [4.78, 5) is 29.7. The third-order valence-corrected chi connectivity index (χ3v) is 4.17. The number of ether oxygens (including phenoxy) is 2. The minimum absolute atomic E-state index is 0.0510. The molecule has 0 aliphatic heterocycles. The number of anilines is 1. The Kier molecular flexibility index (Phi) is 7.63. The van der Waals surface area contributed by atoms with Gasteiger partial charge >= 0.3 is 12.0 Å². The molecule has 1 aromatic heterocycles. The van der Waals surface area contributed by atoms with Crippen molar-refractivity contribution in [3.05, 3.63) is 46.6 Å². The predicted molar refractivity (Wildman–Crippen MR) is 100.0 cm³/mol. The van der Waals surface area contributed by atoms with E-state index in [1.54, 1.807) is 19.2 Å². The largest absolute Gasteiger partial charge is 0.464 e. The van der Waals surface area contributed by atoms with Gasteiger partial charge < -0.3 is 24.1 Å². The van der Waals surface area contributed by atoms with Crippen LogP contribution in [0.1, 0.15) is 28.4 Å². The minimum atomic E-state index is -0.602. The Labute approximate surface area is 162 Å². The van der Waals surface area contributed by atoms with Crippen LogP contribution in [0.5, 0.6) is 0 Å². The number of urea groups is 1. The van der Waals surface area contributed by atoms with Crippen molar-refractivity contribution in [3.63, 3.8) is 0 Å². The van der Waals surface area contributed by atoms with E-state index in [0.717, 1.165) is 5.56 Å². The second-order valence-electron chi connectivity index (χ2n) is 5.78. The first-order chi connectivity index (χ1) is 12.9. The molecule has 2 amide bonds. The molecule has 2 rings (SSSR count). The van der Waals surface area contributed by atoms with Crippen molar-refractivity contribution >= 4 is 29.3 Å². The van der Waals surface area contributed by atoms with Crippen LogP contribution in [0.15, 0.2) is 28.9 Å². The highest BCUT2D eigenvalue weighted by Crippen LogP contribution is 2.20. The number of nitrogens with zero attached hydrogens (tertiary/aromatic N) is 2. The lowest BCUT2D eigenvalue weighted by Crippen LogP contribution is -2.35. The number of carbonyl (C=O) groups excluding carboxylic acids is 2. The molecule has 9 heteroatoms. The van der Waals surface area contributed by atoms with Crippen molar-refractivity contribution in [2.75, 3.05) is 32.7 Å². The highest BCUT2D eigenvalue weighted by molar-refractivity contribution is 6.31. The van der Waals surface area contributed by atoms with E-state index in [1.165, 1.54) is 18.3 Å². The van der Waals surface area contributed by atoms with Gasteiger partial charge in [0.2, 0.25) is 5.89 Å². The van der Waals surface area contributed by atoms with E-state index >= 15 is 0 Å². The van der Waals surface area contributed by atoms with Gasteiger partial charge in [-0.3, -0.25) is 0 Å². The topological polar surface area (TPSA) is 93.9 Å². The first-order valence-corrected chi connectivity index (χ1v) is 8.66. The lowest BCUT2D eigenvalue weighted by molar-refractivity contribution is 0.0594. The Hall–Kier alpha value is -2.58. The molecule has 1 N–H and O–H groups in total. The zero-order chi connectivity index (χ0) is 19.8. The molecule has 1 aromatic carbocycles. The van der Waals surface area contributed by atoms with Gasteiger partial charge in [-0.15, -0.1) is 0 Å². The summed E-state index contributed by atoms with van der Waals surface area (Å²) >= 11 is 6.10. The highest BCUT2D eigenvalue weighted by Gasteiger charge is 2.19. The van der Waals surface area contributed by atoms with E-state index in [1.807, 2.05) is 13.0 Å². The molecule has 0 radical (unpaired) electrons. The summed E-state index contributed by atoms with van der Waals surface area (Å²) in [5.41, 5.74) is 1.55. The quantitative estimate of drug-likeness (QED) is 0.543. The number of aryl methyl sites for hydroxylation is 1. The molecule has 1 heterocycles. The number of aromatic nitrogens is 1. The Bertz CT molecular complexity index is 793. The summed E-state index contributed by atoms with van der Waals surface area (Å²) in [5.74, 6) is -0.375. The van der Waals surface area contributed by atoms with Crippen molar-refractivity contribution in [1.29, 1.82) is 0 Å². The number of halogens is 1. The van der Waals surface area contributed by atoms with Crippen LogP contribution in [-0.4, -0.2) is 49.3 Å². The molecular weight excluding hydrogens is 374 g/mol. The molecule has 2 aromatic rings. The summed E-state index contributed by atoms with van der Waals surface area (Å²) < 4.78 is 14.9. The Morgan fingerprint density at radius 3 is 2.78 bits per heavy atom. The minimum Gasteiger partial charge on any atom is -0.464 e. The van der Waals surface area contributed by atoms with Crippen molar-refractivity contribution in [2.45, 2.75) is 19.9 Å². The zero-order valence-corrected chi connectivity index (χ0v) is 16.2. The van der Waals surface area contributed by atoms with Gasteiger partial charge in [0, 0.05) is 31.0 Å². The van der Waals surface area contributed by atoms with Crippen LogP contribution in [0.2, 0.25) is 5.02 Å². The van der Waals surface area contributed by atoms with Gasteiger partial charge in [-0.2, -0.15) is 0 Å². The molecule has 0 aliphatic carbocycles. The van der Waals surface area contributed by atoms with E-state index < -0.39 is 5.97 Å². The fourth-order valence-electron chi connectivity index (χ4n) is 2.27. The summed E-state index contributed by atoms with van der Waals surface area (Å²) in [6.07, 6.45) is 1.83. The monoisotopic (exact) mass is 395 g/mol. The number of benzene rings is 1. The van der Waals surface area contributed by atoms with E-state index in [2.05, 4.69) is 15.0 Å². The molecule has 0 aliphatic rings. The van der Waals surface area contributed by atoms with Crippen molar-refractivity contribution in [3.8, 4) is 0 Å². The average molecular weight is 396 g/mol. The number of esters is 1. The Morgan fingerprint density at radius 2 is 2.11 bits per heavy atom. The molecule has 0 saturated carbocycles. The SMILES string of the molecule is COCCCN(Cc1nc(C(=O)OC)co1)C(=O)Nc1ccc(C)c(Cl)c1. The molecule has 0 spiro atoms. The Morgan fingerprint density at radius 1 is 1.33 bits per heavy atom. The van der Waals surface area contributed by atoms with Crippen LogP contribution in [0.3, 0.4) is 0 Å². The van der Waals surface area contributed by atoms with Crippen molar-refractivity contribution < 1.29 is 23.5 Å². The number of hydrogen-bond acceptors (Lipinski definition) is 6. The van der Waals surface area contributed by atoms with Crippen LogP contribution >= 0.6 is 11.6 Å². The number of oxazole rings is 1. The van der Waals surface area contributed by atoms with Crippen LogP contribution in [-0.2, 0) is 16.0 Å². The number of nitrogens with one attached hydrogen (secondary N) is 1. The molecule has 146 valence electrons. The smallest absolute Gasteiger partial charge is 0.360 e. The molecule has 0 unspecified atom stereocenters. The second-order valence-corrected chi connectivity index (χ2v) is 6.19. The number of carbonyl (C=O) groups is 2. The number of hydrogen-bond donors (Lipinski definition) is 1. The fourth-order valence-corrected chi connectivity index (χ4v) is 2.45. The van der Waals surface area contributed by atoms with Gasteiger partial charge in [-0.25, -0.2) is 14.6 Å². The maximum Gasteiger partial charge on any atom is 0.360 e. The van der Waals surface area contributed by atoms with E-state index in [9.17, 15) is 9.59 Å². The third kappa shape index (κ3) is 5.97. The van der Waals surface area contributed by atoms with E-state index in [0.29, 0.717) is 30.3 Å². The molecule has 27 heavy (non-hydrogen) atoms. The number of amides is 2. The van der Waals surface area contributed by atoms with Crippen LogP contribution in [0.25, 0.3) is 0 Å². The molecule has 0 bridgehead atoms. The predicted octanol–water partition coefficient (Wildman–Crippen LogP) is 3.49. The van der Waals surface area contributed by atoms with Crippen molar-refractivity contribution in [2.24, 2.45) is 0 Å². The van der Waals surface area contributed by atoms with Crippen molar-refractivity contribution in [1.82, 2.24) is 9.88 Å². The van der Waals surface area contributed by atoms with Gasteiger partial charge in [-0.05, 0) is 31.0 Å².